The monoisotopic (exact) mass is 263 g/mol. The maximum atomic E-state index is 11.5. The van der Waals surface area contributed by atoms with Crippen LogP contribution in [0.15, 0.2) is 35.7 Å². The third-order valence-electron chi connectivity index (χ3n) is 2.41. The van der Waals surface area contributed by atoms with Crippen molar-refractivity contribution in [1.82, 2.24) is 14.9 Å². The summed E-state index contributed by atoms with van der Waals surface area (Å²) >= 11 is 1.12. The standard InChI is InChI=1S/C12H13N3O2S/c16-10(6-9-4-2-1-3-5-9)7-13-12(17)11-8-18-15-14-11/h1-5,8,10,16H,6-7H2,(H,13,17)/t10-/m1/s1. The zero-order valence-corrected chi connectivity index (χ0v) is 10.4. The van der Waals surface area contributed by atoms with E-state index in [2.05, 4.69) is 14.9 Å². The fourth-order valence-corrected chi connectivity index (χ4v) is 1.96. The van der Waals surface area contributed by atoms with E-state index < -0.39 is 6.10 Å². The molecule has 0 fully saturated rings. The summed E-state index contributed by atoms with van der Waals surface area (Å²) < 4.78 is 3.61. The van der Waals surface area contributed by atoms with Gasteiger partial charge in [-0.25, -0.2) is 0 Å². The first-order chi connectivity index (χ1) is 8.75. The van der Waals surface area contributed by atoms with Crippen molar-refractivity contribution in [2.24, 2.45) is 0 Å². The lowest BCUT2D eigenvalue weighted by Gasteiger charge is -2.11. The van der Waals surface area contributed by atoms with Crippen molar-refractivity contribution >= 4 is 17.4 Å². The smallest absolute Gasteiger partial charge is 0.272 e. The fraction of sp³-hybridized carbons (Fsp3) is 0.250. The summed E-state index contributed by atoms with van der Waals surface area (Å²) in [7, 11) is 0. The van der Waals surface area contributed by atoms with Crippen molar-refractivity contribution in [3.05, 3.63) is 47.0 Å². The van der Waals surface area contributed by atoms with Gasteiger partial charge >= 0.3 is 0 Å². The van der Waals surface area contributed by atoms with Crippen LogP contribution in [0.1, 0.15) is 16.1 Å². The summed E-state index contributed by atoms with van der Waals surface area (Å²) in [6, 6.07) is 9.64. The van der Waals surface area contributed by atoms with Crippen LogP contribution in [0.5, 0.6) is 0 Å². The zero-order valence-electron chi connectivity index (χ0n) is 9.61. The molecule has 1 aromatic heterocycles. The lowest BCUT2D eigenvalue weighted by molar-refractivity contribution is 0.0911. The first-order valence-corrected chi connectivity index (χ1v) is 6.36. The van der Waals surface area contributed by atoms with E-state index in [9.17, 15) is 9.90 Å². The van der Waals surface area contributed by atoms with Crippen LogP contribution < -0.4 is 5.32 Å². The number of amides is 1. The van der Waals surface area contributed by atoms with Crippen molar-refractivity contribution < 1.29 is 9.90 Å². The Morgan fingerprint density at radius 2 is 2.17 bits per heavy atom. The SMILES string of the molecule is O=C(NC[C@H](O)Cc1ccccc1)c1csnn1. The second kappa shape index (κ2) is 6.23. The molecular weight excluding hydrogens is 250 g/mol. The average molecular weight is 263 g/mol. The van der Waals surface area contributed by atoms with Gasteiger partial charge in [-0.3, -0.25) is 4.79 Å². The number of carbonyl (C=O) groups excluding carboxylic acids is 1. The van der Waals surface area contributed by atoms with E-state index >= 15 is 0 Å². The molecule has 0 spiro atoms. The lowest BCUT2D eigenvalue weighted by Crippen LogP contribution is -2.33. The molecule has 0 saturated carbocycles. The number of aromatic nitrogens is 2. The van der Waals surface area contributed by atoms with Crippen LogP contribution in [-0.4, -0.2) is 33.2 Å². The number of aliphatic hydroxyl groups is 1. The van der Waals surface area contributed by atoms with Gasteiger partial charge in [-0.1, -0.05) is 34.8 Å². The van der Waals surface area contributed by atoms with Gasteiger partial charge in [0, 0.05) is 18.3 Å². The maximum absolute atomic E-state index is 11.5. The minimum absolute atomic E-state index is 0.200. The molecule has 2 aromatic rings. The molecule has 18 heavy (non-hydrogen) atoms. The number of hydrogen-bond donors (Lipinski definition) is 2. The minimum Gasteiger partial charge on any atom is -0.391 e. The first kappa shape index (κ1) is 12.7. The molecule has 6 heteroatoms. The Morgan fingerprint density at radius 1 is 1.39 bits per heavy atom. The van der Waals surface area contributed by atoms with Crippen LogP contribution in [0, 0.1) is 0 Å². The molecule has 2 rings (SSSR count). The number of benzene rings is 1. The molecule has 2 N–H and O–H groups in total. The fourth-order valence-electron chi connectivity index (χ4n) is 1.52. The minimum atomic E-state index is -0.608. The highest BCUT2D eigenvalue weighted by atomic mass is 32.1. The number of rotatable bonds is 5. The number of nitrogens with zero attached hydrogens (tertiary/aromatic N) is 2. The van der Waals surface area contributed by atoms with E-state index in [-0.39, 0.29) is 18.1 Å². The number of aliphatic hydroxyl groups excluding tert-OH is 1. The number of hydrogen-bond acceptors (Lipinski definition) is 5. The summed E-state index contributed by atoms with van der Waals surface area (Å²) in [5.41, 5.74) is 1.32. The van der Waals surface area contributed by atoms with Gasteiger partial charge in [-0.15, -0.1) is 5.10 Å². The van der Waals surface area contributed by atoms with Crippen LogP contribution in [0.25, 0.3) is 0 Å². The van der Waals surface area contributed by atoms with Crippen molar-refractivity contribution in [3.8, 4) is 0 Å². The highest BCUT2D eigenvalue weighted by molar-refractivity contribution is 7.03. The predicted molar refractivity (Wildman–Crippen MR) is 68.4 cm³/mol. The van der Waals surface area contributed by atoms with E-state index in [0.29, 0.717) is 6.42 Å². The van der Waals surface area contributed by atoms with Crippen LogP contribution in [0.4, 0.5) is 0 Å². The van der Waals surface area contributed by atoms with Gasteiger partial charge in [0.2, 0.25) is 0 Å². The Hall–Kier alpha value is -1.79. The molecule has 1 amide bonds. The largest absolute Gasteiger partial charge is 0.391 e. The number of nitrogens with one attached hydrogen (secondary N) is 1. The van der Waals surface area contributed by atoms with E-state index in [1.54, 1.807) is 5.38 Å². The molecule has 1 aromatic carbocycles. The highest BCUT2D eigenvalue weighted by Crippen LogP contribution is 2.03. The summed E-state index contributed by atoms with van der Waals surface area (Å²) in [6.07, 6.45) is -0.0980. The summed E-state index contributed by atoms with van der Waals surface area (Å²) in [5, 5.41) is 17.6. The van der Waals surface area contributed by atoms with E-state index in [0.717, 1.165) is 17.1 Å². The van der Waals surface area contributed by atoms with Crippen LogP contribution >= 0.6 is 11.5 Å². The van der Waals surface area contributed by atoms with Gasteiger partial charge in [0.25, 0.3) is 5.91 Å². The second-order valence-corrected chi connectivity index (χ2v) is 4.45. The van der Waals surface area contributed by atoms with Gasteiger partial charge in [0.15, 0.2) is 5.69 Å². The van der Waals surface area contributed by atoms with E-state index in [4.69, 9.17) is 0 Å². The van der Waals surface area contributed by atoms with Crippen molar-refractivity contribution in [3.63, 3.8) is 0 Å². The molecule has 5 nitrogen and oxygen atoms in total. The normalized spacial score (nSPS) is 12.1. The Kier molecular flexibility index (Phi) is 4.38. The molecule has 94 valence electrons. The van der Waals surface area contributed by atoms with Crippen LogP contribution in [0.3, 0.4) is 0 Å². The molecule has 1 heterocycles. The van der Waals surface area contributed by atoms with Crippen LogP contribution in [0.2, 0.25) is 0 Å². The summed E-state index contributed by atoms with van der Waals surface area (Å²) in [6.45, 7) is 0.200. The van der Waals surface area contributed by atoms with Gasteiger partial charge in [0.05, 0.1) is 6.10 Å². The molecule has 0 radical (unpaired) electrons. The second-order valence-electron chi connectivity index (χ2n) is 3.84. The zero-order chi connectivity index (χ0) is 12.8. The maximum Gasteiger partial charge on any atom is 0.272 e. The third-order valence-corrected chi connectivity index (χ3v) is 2.91. The Labute approximate surface area is 109 Å². The molecule has 1 atom stereocenters. The molecule has 0 bridgehead atoms. The Balaban J connectivity index is 1.78. The number of carbonyl (C=O) groups is 1. The lowest BCUT2D eigenvalue weighted by atomic mass is 10.1. The predicted octanol–water partition coefficient (Wildman–Crippen LogP) is 0.871. The summed E-state index contributed by atoms with van der Waals surface area (Å²) in [5.74, 6) is -0.309. The van der Waals surface area contributed by atoms with Gasteiger partial charge in [0.1, 0.15) is 0 Å². The molecule has 0 aliphatic rings. The molecule has 0 saturated heterocycles. The molecule has 0 aliphatic heterocycles. The molecular formula is C12H13N3O2S. The van der Waals surface area contributed by atoms with Gasteiger partial charge in [-0.2, -0.15) is 0 Å². The van der Waals surface area contributed by atoms with Crippen molar-refractivity contribution in [2.45, 2.75) is 12.5 Å². The third kappa shape index (κ3) is 3.61. The van der Waals surface area contributed by atoms with Crippen molar-refractivity contribution in [1.29, 1.82) is 0 Å². The van der Waals surface area contributed by atoms with Gasteiger partial charge in [-0.05, 0) is 17.1 Å². The quantitative estimate of drug-likeness (QED) is 0.839. The Morgan fingerprint density at radius 3 is 2.83 bits per heavy atom. The van der Waals surface area contributed by atoms with Crippen LogP contribution in [-0.2, 0) is 6.42 Å². The Bertz CT molecular complexity index is 487. The topological polar surface area (TPSA) is 75.1 Å². The molecule has 0 aliphatic carbocycles. The van der Waals surface area contributed by atoms with Gasteiger partial charge < -0.3 is 10.4 Å². The summed E-state index contributed by atoms with van der Waals surface area (Å²) in [4.78, 5) is 11.5. The van der Waals surface area contributed by atoms with Crippen molar-refractivity contribution in [2.75, 3.05) is 6.54 Å². The first-order valence-electron chi connectivity index (χ1n) is 5.53. The van der Waals surface area contributed by atoms with E-state index in [1.807, 2.05) is 30.3 Å². The van der Waals surface area contributed by atoms with E-state index in [1.165, 1.54) is 0 Å². The highest BCUT2D eigenvalue weighted by Gasteiger charge is 2.11. The average Bonchev–Trinajstić information content (AvgIpc) is 2.91. The molecule has 0 unspecified atom stereocenters.